The number of nitrogens with two attached hydrogens (primary N) is 1. The molecule has 0 aromatic rings. The van der Waals surface area contributed by atoms with Gasteiger partial charge in [0.05, 0.1) is 12.6 Å². The summed E-state index contributed by atoms with van der Waals surface area (Å²) in [6.45, 7) is 4.84. The number of carbonyl (C=O) groups is 2. The Kier molecular flexibility index (Phi) is 6.24. The Morgan fingerprint density at radius 2 is 1.68 bits per heavy atom. The van der Waals surface area contributed by atoms with Gasteiger partial charge in [-0.1, -0.05) is 13.3 Å². The Balaban J connectivity index is 2.40. The molecular formula is C13H26N4O2. The molecule has 2 amide bonds. The van der Waals surface area contributed by atoms with Gasteiger partial charge < -0.3 is 20.4 Å². The summed E-state index contributed by atoms with van der Waals surface area (Å²) in [4.78, 5) is 29.4. The topological polar surface area (TPSA) is 69.9 Å². The molecule has 1 aliphatic rings. The van der Waals surface area contributed by atoms with Crippen molar-refractivity contribution in [2.24, 2.45) is 5.73 Å². The van der Waals surface area contributed by atoms with E-state index < -0.39 is 6.04 Å². The molecule has 0 aromatic carbocycles. The van der Waals surface area contributed by atoms with E-state index in [2.05, 4.69) is 0 Å². The van der Waals surface area contributed by atoms with Crippen molar-refractivity contribution in [3.63, 3.8) is 0 Å². The van der Waals surface area contributed by atoms with Gasteiger partial charge in [-0.05, 0) is 20.5 Å². The number of rotatable bonds is 5. The molecule has 1 fully saturated rings. The molecule has 1 rings (SSSR count). The summed E-state index contributed by atoms with van der Waals surface area (Å²) in [7, 11) is 3.75. The fourth-order valence-electron chi connectivity index (χ4n) is 2.22. The molecule has 1 saturated heterocycles. The minimum Gasteiger partial charge on any atom is -0.338 e. The second-order valence-corrected chi connectivity index (χ2v) is 5.34. The fraction of sp³-hybridized carbons (Fsp3) is 0.846. The lowest BCUT2D eigenvalue weighted by Gasteiger charge is -2.36. The maximum Gasteiger partial charge on any atom is 0.239 e. The zero-order valence-corrected chi connectivity index (χ0v) is 12.3. The highest BCUT2D eigenvalue weighted by molar-refractivity contribution is 5.82. The first-order valence-corrected chi connectivity index (χ1v) is 6.92. The molecule has 2 N–H and O–H groups in total. The predicted octanol–water partition coefficient (Wildman–Crippen LogP) is -0.654. The molecule has 1 aliphatic heterocycles. The van der Waals surface area contributed by atoms with Gasteiger partial charge in [0.25, 0.3) is 0 Å². The second kappa shape index (κ2) is 7.45. The van der Waals surface area contributed by atoms with Gasteiger partial charge >= 0.3 is 0 Å². The number of nitrogens with zero attached hydrogens (tertiary/aromatic N) is 3. The number of likely N-dealkylation sites (N-methyl/N-ethyl adjacent to an activating group) is 1. The van der Waals surface area contributed by atoms with Gasteiger partial charge in [-0.2, -0.15) is 0 Å². The van der Waals surface area contributed by atoms with Crippen molar-refractivity contribution >= 4 is 11.8 Å². The van der Waals surface area contributed by atoms with Crippen LogP contribution in [0.2, 0.25) is 0 Å². The monoisotopic (exact) mass is 270 g/mol. The summed E-state index contributed by atoms with van der Waals surface area (Å²) in [5, 5.41) is 0. The van der Waals surface area contributed by atoms with Gasteiger partial charge in [-0.25, -0.2) is 0 Å². The highest BCUT2D eigenvalue weighted by Crippen LogP contribution is 2.06. The van der Waals surface area contributed by atoms with Crippen LogP contribution in [0.5, 0.6) is 0 Å². The Morgan fingerprint density at radius 1 is 1.16 bits per heavy atom. The van der Waals surface area contributed by atoms with Crippen LogP contribution in [0.15, 0.2) is 0 Å². The van der Waals surface area contributed by atoms with E-state index in [-0.39, 0.29) is 11.8 Å². The third-order valence-electron chi connectivity index (χ3n) is 3.31. The van der Waals surface area contributed by atoms with Crippen molar-refractivity contribution in [2.45, 2.75) is 25.8 Å². The zero-order chi connectivity index (χ0) is 14.4. The van der Waals surface area contributed by atoms with Gasteiger partial charge in [0.2, 0.25) is 11.8 Å². The van der Waals surface area contributed by atoms with Crippen LogP contribution in [0.1, 0.15) is 19.8 Å². The third-order valence-corrected chi connectivity index (χ3v) is 3.31. The summed E-state index contributed by atoms with van der Waals surface area (Å²) in [6, 6.07) is -0.394. The molecular weight excluding hydrogens is 244 g/mol. The number of carbonyl (C=O) groups excluding carboxylic acids is 2. The van der Waals surface area contributed by atoms with E-state index >= 15 is 0 Å². The van der Waals surface area contributed by atoms with Crippen molar-refractivity contribution in [1.29, 1.82) is 0 Å². The summed E-state index contributed by atoms with van der Waals surface area (Å²) in [5.41, 5.74) is 5.84. The van der Waals surface area contributed by atoms with E-state index in [1.807, 2.05) is 30.8 Å². The molecule has 6 nitrogen and oxygen atoms in total. The molecule has 0 aliphatic carbocycles. The second-order valence-electron chi connectivity index (χ2n) is 5.34. The van der Waals surface area contributed by atoms with Gasteiger partial charge in [0, 0.05) is 26.2 Å². The van der Waals surface area contributed by atoms with Crippen LogP contribution < -0.4 is 5.73 Å². The molecule has 0 unspecified atom stereocenters. The van der Waals surface area contributed by atoms with E-state index in [0.717, 1.165) is 12.8 Å². The van der Waals surface area contributed by atoms with E-state index in [1.165, 1.54) is 0 Å². The molecule has 0 aromatic heterocycles. The third kappa shape index (κ3) is 4.80. The number of piperazine rings is 1. The molecule has 6 heteroatoms. The Morgan fingerprint density at radius 3 is 2.16 bits per heavy atom. The molecule has 110 valence electrons. The SMILES string of the molecule is CCC[C@H](N)C(=O)N1CCN(C(=O)CN(C)C)CC1. The summed E-state index contributed by atoms with van der Waals surface area (Å²) in [6.07, 6.45) is 1.63. The lowest BCUT2D eigenvalue weighted by Crippen LogP contribution is -2.55. The van der Waals surface area contributed by atoms with E-state index in [0.29, 0.717) is 32.7 Å². The molecule has 19 heavy (non-hydrogen) atoms. The first-order chi connectivity index (χ1) is 8.95. The van der Waals surface area contributed by atoms with Crippen LogP contribution in [0.25, 0.3) is 0 Å². The van der Waals surface area contributed by atoms with Gasteiger partial charge in [-0.15, -0.1) is 0 Å². The molecule has 0 spiro atoms. The lowest BCUT2D eigenvalue weighted by molar-refractivity contribution is -0.140. The molecule has 0 saturated carbocycles. The molecule has 0 radical (unpaired) electrons. The highest BCUT2D eigenvalue weighted by Gasteiger charge is 2.26. The van der Waals surface area contributed by atoms with Crippen LogP contribution in [0, 0.1) is 0 Å². The van der Waals surface area contributed by atoms with Crippen LogP contribution in [-0.4, -0.2) is 79.4 Å². The summed E-state index contributed by atoms with van der Waals surface area (Å²) >= 11 is 0. The van der Waals surface area contributed by atoms with Crippen LogP contribution in [0.4, 0.5) is 0 Å². The quantitative estimate of drug-likeness (QED) is 0.720. The minimum atomic E-state index is -0.394. The fourth-order valence-corrected chi connectivity index (χ4v) is 2.22. The largest absolute Gasteiger partial charge is 0.338 e. The number of hydrogen-bond donors (Lipinski definition) is 1. The van der Waals surface area contributed by atoms with Crippen molar-refractivity contribution in [3.8, 4) is 0 Å². The van der Waals surface area contributed by atoms with Crippen LogP contribution in [0.3, 0.4) is 0 Å². The van der Waals surface area contributed by atoms with Crippen LogP contribution >= 0.6 is 0 Å². The van der Waals surface area contributed by atoms with Gasteiger partial charge in [0.15, 0.2) is 0 Å². The van der Waals surface area contributed by atoms with Crippen molar-refractivity contribution in [2.75, 3.05) is 46.8 Å². The van der Waals surface area contributed by atoms with Crippen molar-refractivity contribution in [1.82, 2.24) is 14.7 Å². The Labute approximate surface area is 115 Å². The lowest BCUT2D eigenvalue weighted by atomic mass is 10.1. The highest BCUT2D eigenvalue weighted by atomic mass is 16.2. The normalized spacial score (nSPS) is 17.7. The van der Waals surface area contributed by atoms with Crippen molar-refractivity contribution in [3.05, 3.63) is 0 Å². The van der Waals surface area contributed by atoms with E-state index in [1.54, 1.807) is 4.90 Å². The average Bonchev–Trinajstić information content (AvgIpc) is 2.37. The van der Waals surface area contributed by atoms with Gasteiger partial charge in [-0.3, -0.25) is 9.59 Å². The molecule has 1 atom stereocenters. The number of hydrogen-bond acceptors (Lipinski definition) is 4. The standard InChI is InChI=1S/C13H26N4O2/c1-4-5-11(14)13(19)17-8-6-16(7-9-17)12(18)10-15(2)3/h11H,4-10,14H2,1-3H3/t11-/m0/s1. The summed E-state index contributed by atoms with van der Waals surface area (Å²) in [5.74, 6) is 0.136. The first-order valence-electron chi connectivity index (χ1n) is 6.92. The minimum absolute atomic E-state index is 0.0153. The molecule has 0 bridgehead atoms. The predicted molar refractivity (Wildman–Crippen MR) is 74.6 cm³/mol. The smallest absolute Gasteiger partial charge is 0.239 e. The zero-order valence-electron chi connectivity index (χ0n) is 12.3. The van der Waals surface area contributed by atoms with E-state index in [4.69, 9.17) is 5.73 Å². The maximum atomic E-state index is 12.0. The van der Waals surface area contributed by atoms with E-state index in [9.17, 15) is 9.59 Å². The maximum absolute atomic E-state index is 12.0. The van der Waals surface area contributed by atoms with Crippen molar-refractivity contribution < 1.29 is 9.59 Å². The Bertz CT molecular complexity index is 312. The number of amides is 2. The Hall–Kier alpha value is -1.14. The first kappa shape index (κ1) is 15.9. The average molecular weight is 270 g/mol. The molecule has 1 heterocycles. The van der Waals surface area contributed by atoms with Crippen LogP contribution in [-0.2, 0) is 9.59 Å². The summed E-state index contributed by atoms with van der Waals surface area (Å²) < 4.78 is 0. The van der Waals surface area contributed by atoms with Gasteiger partial charge in [0.1, 0.15) is 0 Å².